The molecule has 0 aromatic heterocycles. The highest BCUT2D eigenvalue weighted by Gasteiger charge is 2.19. The Labute approximate surface area is 544 Å². The Balaban J connectivity index is 0.000000211. The van der Waals surface area contributed by atoms with Crippen LogP contribution in [0.1, 0.15) is 152 Å². The van der Waals surface area contributed by atoms with Gasteiger partial charge in [-0.2, -0.15) is 0 Å². The molecule has 0 saturated carbocycles. The lowest BCUT2D eigenvalue weighted by molar-refractivity contribution is 0.795. The summed E-state index contributed by atoms with van der Waals surface area (Å²) in [5, 5.41) is 0. The van der Waals surface area contributed by atoms with Crippen LogP contribution in [0.2, 0.25) is 0 Å². The van der Waals surface area contributed by atoms with Crippen LogP contribution in [0.3, 0.4) is 0 Å². The molecule has 5 heteroatoms. The van der Waals surface area contributed by atoms with Crippen molar-refractivity contribution in [3.8, 4) is 0 Å². The predicted octanol–water partition coefficient (Wildman–Crippen LogP) is 26.1. The lowest BCUT2D eigenvalue weighted by Gasteiger charge is -2.28. The predicted molar refractivity (Wildman–Crippen MR) is 391 cm³/mol. The van der Waals surface area contributed by atoms with E-state index in [2.05, 4.69) is 326 Å². The first kappa shape index (κ1) is 65.3. The molecule has 0 bridgehead atoms. The molecule has 0 radical (unpaired) electrons. The van der Waals surface area contributed by atoms with Crippen LogP contribution in [0.15, 0.2) is 253 Å². The number of hydrogen-bond donors (Lipinski definition) is 0. The molecule has 10 rings (SSSR count). The largest absolute Gasteiger partial charge is 0.311 e. The van der Waals surface area contributed by atoms with Crippen LogP contribution in [-0.2, 0) is 38.5 Å². The second-order valence-electron chi connectivity index (χ2n) is 23.8. The molecule has 89 heavy (non-hydrogen) atoms. The number of benzene rings is 10. The van der Waals surface area contributed by atoms with Crippen LogP contribution in [0, 0.1) is 0 Å². The van der Waals surface area contributed by atoms with Crippen molar-refractivity contribution >= 4 is 84.2 Å². The molecule has 0 aliphatic rings. The zero-order chi connectivity index (χ0) is 62.0. The first-order valence-corrected chi connectivity index (χ1v) is 34.3. The molecule has 0 fully saturated rings. The van der Waals surface area contributed by atoms with Crippen LogP contribution in [0.25, 0.3) is 0 Å². The van der Waals surface area contributed by atoms with Crippen molar-refractivity contribution in [1.82, 2.24) is 0 Å². The number of para-hydroxylation sites is 1. The Morgan fingerprint density at radius 1 is 0.191 bits per heavy atom. The smallest absolute Gasteiger partial charge is 0.0463 e. The summed E-state index contributed by atoms with van der Waals surface area (Å²) in [5.74, 6) is 0. The zero-order valence-electron chi connectivity index (χ0n) is 54.1. The van der Waals surface area contributed by atoms with Gasteiger partial charge in [0, 0.05) is 72.7 Å². The van der Waals surface area contributed by atoms with Gasteiger partial charge in [-0.3, -0.25) is 0 Å². The molecule has 10 aromatic carbocycles. The summed E-state index contributed by atoms with van der Waals surface area (Å²) in [4.78, 5) is 9.45. The van der Waals surface area contributed by atoms with Crippen molar-refractivity contribution in [3.63, 3.8) is 0 Å². The van der Waals surface area contributed by atoms with E-state index >= 15 is 0 Å². The molecule has 0 atom stereocenters. The normalized spacial score (nSPS) is 11.0. The summed E-state index contributed by atoms with van der Waals surface area (Å²) < 4.78 is 1.08. The maximum atomic E-state index is 3.62. The summed E-state index contributed by atoms with van der Waals surface area (Å²) in [6.45, 7) is 13.5. The summed E-state index contributed by atoms with van der Waals surface area (Å²) >= 11 is 3.62. The summed E-state index contributed by atoms with van der Waals surface area (Å²) in [6, 6.07) is 92.0. The molecular formula is C84H95BrN4. The average molecular weight is 1240 g/mol. The lowest BCUT2D eigenvalue weighted by Crippen LogP contribution is -2.12. The number of nitrogens with zero attached hydrogens (tertiary/aromatic N) is 4. The van der Waals surface area contributed by atoms with E-state index in [9.17, 15) is 0 Å². The number of hydrogen-bond acceptors (Lipinski definition) is 4. The van der Waals surface area contributed by atoms with Crippen LogP contribution < -0.4 is 19.6 Å². The highest BCUT2D eigenvalue weighted by atomic mass is 79.9. The van der Waals surface area contributed by atoms with Gasteiger partial charge in [-0.05, 0) is 268 Å². The standard InChI is InChI=1S/C42H47BrN2.C42H48N2/c1-4-7-10-33-13-21-37(22-14-33)44(38-23-15-34(16-24-38)11-8-5-2)41-29-31-42(32-30-41)45(40-27-19-36(43)20-28-40)39-25-17-35(18-26-39)12-9-6-3;1-4-7-13-34-18-24-38(25-19-34)43(37-16-11-10-12-17-37)41-30-32-42(33-31-41)44(39-26-20-35(21-27-39)14-8-5-2)40-28-22-36(23-29-40)15-9-6-3/h13-32H,4-12H2,1-3H3;10-12,16-33H,4-9,13-15H2,1-3H3. The fourth-order valence-corrected chi connectivity index (χ4v) is 11.9. The minimum absolute atomic E-state index is 1.08. The van der Waals surface area contributed by atoms with Gasteiger partial charge in [-0.25, -0.2) is 0 Å². The Morgan fingerprint density at radius 3 is 0.506 bits per heavy atom. The van der Waals surface area contributed by atoms with Crippen molar-refractivity contribution in [2.24, 2.45) is 0 Å². The molecule has 0 heterocycles. The number of anilines is 12. The summed E-state index contributed by atoms with van der Waals surface area (Å²) in [6.07, 6.45) is 21.4. The van der Waals surface area contributed by atoms with Crippen LogP contribution in [-0.4, -0.2) is 0 Å². The van der Waals surface area contributed by atoms with Gasteiger partial charge in [0.25, 0.3) is 0 Å². The molecular weight excluding hydrogens is 1140 g/mol. The lowest BCUT2D eigenvalue weighted by atomic mass is 10.1. The van der Waals surface area contributed by atoms with Gasteiger partial charge in [0.15, 0.2) is 0 Å². The van der Waals surface area contributed by atoms with E-state index < -0.39 is 0 Å². The number of rotatable bonds is 30. The minimum atomic E-state index is 1.08. The molecule has 0 aliphatic heterocycles. The Bertz CT molecular complexity index is 3480. The van der Waals surface area contributed by atoms with Gasteiger partial charge < -0.3 is 19.6 Å². The van der Waals surface area contributed by atoms with Crippen molar-refractivity contribution in [2.45, 2.75) is 157 Å². The Hall–Kier alpha value is -8.12. The summed E-state index contributed by atoms with van der Waals surface area (Å²) in [5.41, 5.74) is 22.3. The molecule has 0 unspecified atom stereocenters. The quantitative estimate of drug-likeness (QED) is 0.0445. The van der Waals surface area contributed by atoms with Crippen molar-refractivity contribution in [3.05, 3.63) is 287 Å². The van der Waals surface area contributed by atoms with Crippen LogP contribution >= 0.6 is 15.9 Å². The number of aryl methyl sites for hydroxylation is 6. The van der Waals surface area contributed by atoms with Gasteiger partial charge in [0.1, 0.15) is 0 Å². The van der Waals surface area contributed by atoms with Crippen LogP contribution in [0.5, 0.6) is 0 Å². The molecule has 4 nitrogen and oxygen atoms in total. The average Bonchev–Trinajstić information content (AvgIpc) is 3.77. The van der Waals surface area contributed by atoms with E-state index in [4.69, 9.17) is 0 Å². The van der Waals surface area contributed by atoms with E-state index in [1.165, 1.54) is 139 Å². The van der Waals surface area contributed by atoms with E-state index in [1.807, 2.05) is 0 Å². The van der Waals surface area contributed by atoms with Gasteiger partial charge in [0.05, 0.1) is 0 Å². The maximum Gasteiger partial charge on any atom is 0.0463 e. The molecule has 0 amide bonds. The third-order valence-corrected chi connectivity index (χ3v) is 17.4. The molecule has 10 aromatic rings. The highest BCUT2D eigenvalue weighted by Crippen LogP contribution is 2.42. The Kier molecular flexibility index (Phi) is 25.4. The zero-order valence-corrected chi connectivity index (χ0v) is 55.7. The number of unbranched alkanes of at least 4 members (excludes halogenated alkanes) is 6. The first-order chi connectivity index (χ1) is 43.8. The second-order valence-corrected chi connectivity index (χ2v) is 24.7. The van der Waals surface area contributed by atoms with Gasteiger partial charge in [-0.15, -0.1) is 0 Å². The van der Waals surface area contributed by atoms with Crippen molar-refractivity contribution in [2.75, 3.05) is 19.6 Å². The van der Waals surface area contributed by atoms with E-state index in [0.29, 0.717) is 0 Å². The van der Waals surface area contributed by atoms with Crippen LogP contribution in [0.4, 0.5) is 68.2 Å². The van der Waals surface area contributed by atoms with Gasteiger partial charge in [0.2, 0.25) is 0 Å². The minimum Gasteiger partial charge on any atom is -0.311 e. The topological polar surface area (TPSA) is 13.0 Å². The molecule has 0 saturated heterocycles. The number of halogens is 1. The molecule has 0 aliphatic carbocycles. The molecule has 458 valence electrons. The monoisotopic (exact) mass is 1240 g/mol. The summed E-state index contributed by atoms with van der Waals surface area (Å²) in [7, 11) is 0. The first-order valence-electron chi connectivity index (χ1n) is 33.5. The Morgan fingerprint density at radius 2 is 0.337 bits per heavy atom. The van der Waals surface area contributed by atoms with Crippen molar-refractivity contribution < 1.29 is 0 Å². The third-order valence-electron chi connectivity index (χ3n) is 16.9. The SMILES string of the molecule is CCCCc1ccc(N(c2ccc(Br)cc2)c2ccc(N(c3ccc(CCCC)cc3)c3ccc(CCCC)cc3)cc2)cc1.CCCCc1ccc(N(c2ccccc2)c2ccc(N(c3ccc(CCCC)cc3)c3ccc(CCCC)cc3)cc2)cc1. The van der Waals surface area contributed by atoms with Crippen molar-refractivity contribution in [1.29, 1.82) is 0 Å². The van der Waals surface area contributed by atoms with E-state index in [0.717, 1.165) is 82.8 Å². The van der Waals surface area contributed by atoms with E-state index in [1.54, 1.807) is 0 Å². The van der Waals surface area contributed by atoms with Gasteiger partial charge in [-0.1, -0.05) is 187 Å². The third kappa shape index (κ3) is 18.5. The second kappa shape index (κ2) is 34.6. The fourth-order valence-electron chi connectivity index (χ4n) is 11.6. The maximum absolute atomic E-state index is 3.62. The van der Waals surface area contributed by atoms with Gasteiger partial charge >= 0.3 is 0 Å². The fraction of sp³-hybridized carbons (Fsp3) is 0.286. The highest BCUT2D eigenvalue weighted by molar-refractivity contribution is 9.10. The molecule has 0 spiro atoms. The molecule has 0 N–H and O–H groups in total. The van der Waals surface area contributed by atoms with E-state index in [-0.39, 0.29) is 0 Å².